The van der Waals surface area contributed by atoms with Gasteiger partial charge in [-0.2, -0.15) is 5.26 Å². The zero-order valence-corrected chi connectivity index (χ0v) is 6.08. The molecule has 0 aromatic heterocycles. The van der Waals surface area contributed by atoms with E-state index in [-0.39, 0.29) is 6.10 Å². The highest BCUT2D eigenvalue weighted by Gasteiger charge is 2.18. The molecule has 1 aliphatic carbocycles. The Morgan fingerprint density at radius 3 is 2.40 bits per heavy atom. The topological polar surface area (TPSA) is 44.0 Å². The van der Waals surface area contributed by atoms with E-state index < -0.39 is 0 Å². The molecule has 1 aliphatic rings. The Hall–Kier alpha value is -0.550. The number of nitriles is 1. The van der Waals surface area contributed by atoms with E-state index in [1.54, 1.807) is 0 Å². The second-order valence-electron chi connectivity index (χ2n) is 3.04. The summed E-state index contributed by atoms with van der Waals surface area (Å²) < 4.78 is 0. The number of aliphatic hydroxyl groups excluding tert-OH is 1. The van der Waals surface area contributed by atoms with Gasteiger partial charge in [0.05, 0.1) is 12.2 Å². The minimum atomic E-state index is -0.0880. The van der Waals surface area contributed by atoms with Gasteiger partial charge >= 0.3 is 0 Å². The number of aliphatic hydroxyl groups is 1. The lowest BCUT2D eigenvalue weighted by Gasteiger charge is -2.22. The molecule has 0 bridgehead atoms. The number of hydrogen-bond donors (Lipinski definition) is 1. The monoisotopic (exact) mass is 139 g/mol. The molecule has 0 heterocycles. The van der Waals surface area contributed by atoms with Crippen LogP contribution in [0.15, 0.2) is 0 Å². The quantitative estimate of drug-likeness (QED) is 0.597. The third-order valence-corrected chi connectivity index (χ3v) is 2.20. The van der Waals surface area contributed by atoms with Crippen LogP contribution in [0, 0.1) is 17.2 Å². The standard InChI is InChI=1S/C8H13NO/c9-6-5-7-1-3-8(10)4-2-7/h7-8,10H,1-5H2/t7-,8-. The highest BCUT2D eigenvalue weighted by Crippen LogP contribution is 2.25. The van der Waals surface area contributed by atoms with Crippen molar-refractivity contribution in [2.45, 2.75) is 38.2 Å². The van der Waals surface area contributed by atoms with Crippen molar-refractivity contribution >= 4 is 0 Å². The van der Waals surface area contributed by atoms with E-state index in [0.29, 0.717) is 12.3 Å². The zero-order valence-electron chi connectivity index (χ0n) is 6.08. The SMILES string of the molecule is N#CC[C@H]1CC[C@H](O)CC1. The summed E-state index contributed by atoms with van der Waals surface area (Å²) in [6.07, 6.45) is 4.45. The molecular formula is C8H13NO. The number of nitrogens with zero attached hydrogens (tertiary/aromatic N) is 1. The summed E-state index contributed by atoms with van der Waals surface area (Å²) in [7, 11) is 0. The van der Waals surface area contributed by atoms with Crippen molar-refractivity contribution in [2.24, 2.45) is 5.92 Å². The number of rotatable bonds is 1. The predicted octanol–water partition coefficient (Wildman–Crippen LogP) is 1.45. The fourth-order valence-corrected chi connectivity index (χ4v) is 1.48. The summed E-state index contributed by atoms with van der Waals surface area (Å²) >= 11 is 0. The summed E-state index contributed by atoms with van der Waals surface area (Å²) in [6, 6.07) is 2.17. The summed E-state index contributed by atoms with van der Waals surface area (Å²) in [6.45, 7) is 0. The second kappa shape index (κ2) is 3.58. The van der Waals surface area contributed by atoms with Crippen molar-refractivity contribution in [3.63, 3.8) is 0 Å². The molecule has 2 heteroatoms. The molecule has 56 valence electrons. The zero-order chi connectivity index (χ0) is 7.40. The highest BCUT2D eigenvalue weighted by molar-refractivity contribution is 4.80. The fourth-order valence-electron chi connectivity index (χ4n) is 1.48. The molecule has 0 aromatic rings. The van der Waals surface area contributed by atoms with Crippen LogP contribution in [-0.4, -0.2) is 11.2 Å². The fraction of sp³-hybridized carbons (Fsp3) is 0.875. The molecule has 0 saturated heterocycles. The first-order valence-electron chi connectivity index (χ1n) is 3.88. The molecule has 1 rings (SSSR count). The highest BCUT2D eigenvalue weighted by atomic mass is 16.3. The molecular weight excluding hydrogens is 126 g/mol. The van der Waals surface area contributed by atoms with Crippen molar-refractivity contribution in [2.75, 3.05) is 0 Å². The normalized spacial score (nSPS) is 33.2. The Bertz CT molecular complexity index is 131. The van der Waals surface area contributed by atoms with E-state index in [0.717, 1.165) is 25.7 Å². The van der Waals surface area contributed by atoms with Gasteiger partial charge in [0.15, 0.2) is 0 Å². The average Bonchev–Trinajstić information content (AvgIpc) is 1.95. The summed E-state index contributed by atoms with van der Waals surface area (Å²) in [5.74, 6) is 0.563. The molecule has 1 fully saturated rings. The van der Waals surface area contributed by atoms with Gasteiger partial charge in [-0.3, -0.25) is 0 Å². The maximum Gasteiger partial charge on any atom is 0.0624 e. The predicted molar refractivity (Wildman–Crippen MR) is 38.2 cm³/mol. The van der Waals surface area contributed by atoms with Crippen LogP contribution in [0.25, 0.3) is 0 Å². The van der Waals surface area contributed by atoms with Crippen molar-refractivity contribution in [1.29, 1.82) is 5.26 Å². The van der Waals surface area contributed by atoms with Gasteiger partial charge in [0.1, 0.15) is 0 Å². The van der Waals surface area contributed by atoms with Crippen LogP contribution in [0.2, 0.25) is 0 Å². The maximum absolute atomic E-state index is 9.11. The largest absolute Gasteiger partial charge is 0.393 e. The van der Waals surface area contributed by atoms with E-state index in [1.165, 1.54) is 0 Å². The third-order valence-electron chi connectivity index (χ3n) is 2.20. The van der Waals surface area contributed by atoms with Crippen LogP contribution < -0.4 is 0 Å². The second-order valence-corrected chi connectivity index (χ2v) is 3.04. The molecule has 0 atom stereocenters. The lowest BCUT2D eigenvalue weighted by Crippen LogP contribution is -2.17. The van der Waals surface area contributed by atoms with Gasteiger partial charge in [-0.25, -0.2) is 0 Å². The molecule has 2 nitrogen and oxygen atoms in total. The minimum Gasteiger partial charge on any atom is -0.393 e. The van der Waals surface area contributed by atoms with Gasteiger partial charge in [-0.1, -0.05) is 0 Å². The molecule has 0 spiro atoms. The Kier molecular flexibility index (Phi) is 2.70. The first-order chi connectivity index (χ1) is 4.83. The summed E-state index contributed by atoms with van der Waals surface area (Å²) in [5.41, 5.74) is 0. The smallest absolute Gasteiger partial charge is 0.0624 e. The van der Waals surface area contributed by atoms with E-state index in [9.17, 15) is 0 Å². The Balaban J connectivity index is 2.21. The maximum atomic E-state index is 9.11. The number of hydrogen-bond acceptors (Lipinski definition) is 2. The first kappa shape index (κ1) is 7.56. The summed E-state index contributed by atoms with van der Waals surface area (Å²) in [4.78, 5) is 0. The third kappa shape index (κ3) is 2.00. The first-order valence-corrected chi connectivity index (χ1v) is 3.88. The van der Waals surface area contributed by atoms with E-state index in [2.05, 4.69) is 6.07 Å². The van der Waals surface area contributed by atoms with Gasteiger partial charge in [0, 0.05) is 6.42 Å². The molecule has 0 amide bonds. The molecule has 0 aromatic carbocycles. The molecule has 0 unspecified atom stereocenters. The Morgan fingerprint density at radius 1 is 1.30 bits per heavy atom. The summed E-state index contributed by atoms with van der Waals surface area (Å²) in [5, 5.41) is 17.5. The Labute approximate surface area is 61.5 Å². The van der Waals surface area contributed by atoms with Crippen LogP contribution in [0.4, 0.5) is 0 Å². The van der Waals surface area contributed by atoms with Gasteiger partial charge < -0.3 is 5.11 Å². The molecule has 0 aliphatic heterocycles. The lowest BCUT2D eigenvalue weighted by molar-refractivity contribution is 0.109. The van der Waals surface area contributed by atoms with Gasteiger partial charge in [-0.05, 0) is 31.6 Å². The van der Waals surface area contributed by atoms with Crippen LogP contribution in [0.3, 0.4) is 0 Å². The lowest BCUT2D eigenvalue weighted by atomic mass is 9.86. The molecule has 10 heavy (non-hydrogen) atoms. The van der Waals surface area contributed by atoms with E-state index >= 15 is 0 Å². The van der Waals surface area contributed by atoms with Crippen molar-refractivity contribution in [3.8, 4) is 6.07 Å². The van der Waals surface area contributed by atoms with Crippen molar-refractivity contribution in [1.82, 2.24) is 0 Å². The van der Waals surface area contributed by atoms with E-state index in [4.69, 9.17) is 10.4 Å². The van der Waals surface area contributed by atoms with Crippen LogP contribution >= 0.6 is 0 Å². The van der Waals surface area contributed by atoms with Gasteiger partial charge in [-0.15, -0.1) is 0 Å². The minimum absolute atomic E-state index is 0.0880. The van der Waals surface area contributed by atoms with Gasteiger partial charge in [0.25, 0.3) is 0 Å². The van der Waals surface area contributed by atoms with Crippen LogP contribution in [0.5, 0.6) is 0 Å². The van der Waals surface area contributed by atoms with Crippen molar-refractivity contribution < 1.29 is 5.11 Å². The van der Waals surface area contributed by atoms with Crippen LogP contribution in [-0.2, 0) is 0 Å². The molecule has 1 N–H and O–H groups in total. The molecule has 0 radical (unpaired) electrons. The average molecular weight is 139 g/mol. The molecule has 1 saturated carbocycles. The van der Waals surface area contributed by atoms with Crippen molar-refractivity contribution in [3.05, 3.63) is 0 Å². The Morgan fingerprint density at radius 2 is 1.90 bits per heavy atom. The van der Waals surface area contributed by atoms with Crippen LogP contribution in [0.1, 0.15) is 32.1 Å². The van der Waals surface area contributed by atoms with Gasteiger partial charge in [0.2, 0.25) is 0 Å². The van der Waals surface area contributed by atoms with E-state index in [1.807, 2.05) is 0 Å².